The SMILES string of the molecule is C[C@H]1CN2CCNCc3ccc(C(=O)NCC(F)F)c1c32. The zero-order valence-corrected chi connectivity index (χ0v) is 12.0. The van der Waals surface area contributed by atoms with Crippen LogP contribution in [0.5, 0.6) is 0 Å². The molecule has 1 atom stereocenters. The molecular weight excluding hydrogens is 276 g/mol. The lowest BCUT2D eigenvalue weighted by molar-refractivity contribution is 0.0890. The third kappa shape index (κ3) is 2.60. The van der Waals surface area contributed by atoms with Gasteiger partial charge < -0.3 is 15.5 Å². The fourth-order valence-corrected chi connectivity index (χ4v) is 3.28. The summed E-state index contributed by atoms with van der Waals surface area (Å²) in [5.74, 6) is -0.163. The number of nitrogens with zero attached hydrogens (tertiary/aromatic N) is 1. The van der Waals surface area contributed by atoms with Crippen LogP contribution >= 0.6 is 0 Å². The van der Waals surface area contributed by atoms with Crippen LogP contribution in [-0.4, -0.2) is 38.5 Å². The lowest BCUT2D eigenvalue weighted by atomic mass is 9.94. The van der Waals surface area contributed by atoms with Gasteiger partial charge in [0.1, 0.15) is 0 Å². The molecule has 2 heterocycles. The first kappa shape index (κ1) is 14.3. The smallest absolute Gasteiger partial charge is 0.255 e. The monoisotopic (exact) mass is 295 g/mol. The third-order valence-corrected chi connectivity index (χ3v) is 4.14. The summed E-state index contributed by atoms with van der Waals surface area (Å²) in [4.78, 5) is 14.5. The molecule has 1 aromatic rings. The second-order valence-electron chi connectivity index (χ2n) is 5.66. The van der Waals surface area contributed by atoms with Gasteiger partial charge in [-0.25, -0.2) is 8.78 Å². The number of carbonyl (C=O) groups is 1. The maximum Gasteiger partial charge on any atom is 0.255 e. The quantitative estimate of drug-likeness (QED) is 0.892. The molecule has 21 heavy (non-hydrogen) atoms. The highest BCUT2D eigenvalue weighted by molar-refractivity contribution is 5.98. The lowest BCUT2D eigenvalue weighted by Crippen LogP contribution is -2.29. The Balaban J connectivity index is 1.97. The standard InChI is InChI=1S/C15H19F2N3O/c1-9-8-20-5-4-18-6-10-2-3-11(13(9)14(10)20)15(21)19-7-12(16)17/h2-3,9,12,18H,4-8H2,1H3,(H,19,21)/t9-/m0/s1. The van der Waals surface area contributed by atoms with E-state index in [2.05, 4.69) is 22.5 Å². The highest BCUT2D eigenvalue weighted by Gasteiger charge is 2.33. The molecule has 0 aromatic heterocycles. The number of anilines is 1. The van der Waals surface area contributed by atoms with Crippen molar-refractivity contribution in [3.63, 3.8) is 0 Å². The van der Waals surface area contributed by atoms with Gasteiger partial charge in [0.25, 0.3) is 12.3 Å². The van der Waals surface area contributed by atoms with Crippen LogP contribution < -0.4 is 15.5 Å². The molecule has 6 heteroatoms. The van der Waals surface area contributed by atoms with E-state index < -0.39 is 18.9 Å². The van der Waals surface area contributed by atoms with Gasteiger partial charge in [-0.05, 0) is 17.2 Å². The van der Waals surface area contributed by atoms with E-state index in [1.54, 1.807) is 6.07 Å². The van der Waals surface area contributed by atoms with Gasteiger partial charge in [-0.15, -0.1) is 0 Å². The van der Waals surface area contributed by atoms with E-state index >= 15 is 0 Å². The Morgan fingerprint density at radius 2 is 2.33 bits per heavy atom. The van der Waals surface area contributed by atoms with Crippen LogP contribution in [0, 0.1) is 0 Å². The fourth-order valence-electron chi connectivity index (χ4n) is 3.28. The van der Waals surface area contributed by atoms with Crippen molar-refractivity contribution < 1.29 is 13.6 Å². The summed E-state index contributed by atoms with van der Waals surface area (Å²) in [5, 5.41) is 5.67. The molecule has 0 saturated heterocycles. The minimum atomic E-state index is -2.53. The topological polar surface area (TPSA) is 44.4 Å². The van der Waals surface area contributed by atoms with Crippen molar-refractivity contribution in [1.29, 1.82) is 0 Å². The largest absolute Gasteiger partial charge is 0.369 e. The van der Waals surface area contributed by atoms with E-state index in [0.717, 1.165) is 37.4 Å². The Bertz CT molecular complexity index is 562. The molecule has 2 aliphatic heterocycles. The molecule has 0 unspecified atom stereocenters. The Labute approximate surface area is 122 Å². The number of rotatable bonds is 3. The highest BCUT2D eigenvalue weighted by Crippen LogP contribution is 2.41. The second-order valence-corrected chi connectivity index (χ2v) is 5.66. The molecule has 0 bridgehead atoms. The number of benzene rings is 1. The Morgan fingerprint density at radius 3 is 3.10 bits per heavy atom. The first-order valence-corrected chi connectivity index (χ1v) is 7.25. The lowest BCUT2D eigenvalue weighted by Gasteiger charge is -2.19. The summed E-state index contributed by atoms with van der Waals surface area (Å²) in [6.45, 7) is 4.96. The van der Waals surface area contributed by atoms with Gasteiger partial charge in [-0.1, -0.05) is 13.0 Å². The molecular formula is C15H19F2N3O. The van der Waals surface area contributed by atoms with Gasteiger partial charge in [0.05, 0.1) is 6.54 Å². The number of nitrogens with one attached hydrogen (secondary N) is 2. The maximum absolute atomic E-state index is 12.3. The summed E-state index contributed by atoms with van der Waals surface area (Å²) in [6, 6.07) is 3.70. The van der Waals surface area contributed by atoms with E-state index in [0.29, 0.717) is 5.56 Å². The molecule has 114 valence electrons. The first-order chi connectivity index (χ1) is 10.1. The molecule has 0 spiro atoms. The third-order valence-electron chi connectivity index (χ3n) is 4.14. The van der Waals surface area contributed by atoms with Gasteiger partial charge in [0.15, 0.2) is 0 Å². The van der Waals surface area contributed by atoms with Gasteiger partial charge in [0.2, 0.25) is 0 Å². The van der Waals surface area contributed by atoms with E-state index in [9.17, 15) is 13.6 Å². The summed E-state index contributed by atoms with van der Waals surface area (Å²) in [6.07, 6.45) is -2.53. The first-order valence-electron chi connectivity index (χ1n) is 7.25. The summed E-state index contributed by atoms with van der Waals surface area (Å²) < 4.78 is 24.5. The Morgan fingerprint density at radius 1 is 1.52 bits per heavy atom. The number of carbonyl (C=O) groups excluding carboxylic acids is 1. The minimum absolute atomic E-state index is 0.241. The average molecular weight is 295 g/mol. The summed E-state index contributed by atoms with van der Waals surface area (Å²) in [7, 11) is 0. The van der Waals surface area contributed by atoms with E-state index in [1.807, 2.05) is 6.07 Å². The van der Waals surface area contributed by atoms with Gasteiger partial charge >= 0.3 is 0 Å². The number of amides is 1. The molecule has 2 N–H and O–H groups in total. The van der Waals surface area contributed by atoms with Crippen molar-refractivity contribution in [2.75, 3.05) is 31.1 Å². The van der Waals surface area contributed by atoms with Crippen LogP contribution in [0.15, 0.2) is 12.1 Å². The second kappa shape index (κ2) is 5.60. The van der Waals surface area contributed by atoms with Gasteiger partial charge in [0, 0.05) is 43.3 Å². The van der Waals surface area contributed by atoms with E-state index in [1.165, 1.54) is 5.56 Å². The van der Waals surface area contributed by atoms with Gasteiger partial charge in [-0.2, -0.15) is 0 Å². The Kier molecular flexibility index (Phi) is 3.80. The highest BCUT2D eigenvalue weighted by atomic mass is 19.3. The van der Waals surface area contributed by atoms with Crippen molar-refractivity contribution >= 4 is 11.6 Å². The van der Waals surface area contributed by atoms with Crippen molar-refractivity contribution in [3.05, 3.63) is 28.8 Å². The van der Waals surface area contributed by atoms with Crippen molar-refractivity contribution in [3.8, 4) is 0 Å². The van der Waals surface area contributed by atoms with Crippen molar-refractivity contribution in [2.45, 2.75) is 25.8 Å². The zero-order chi connectivity index (χ0) is 15.0. The predicted molar refractivity (Wildman–Crippen MR) is 77.1 cm³/mol. The van der Waals surface area contributed by atoms with Crippen molar-refractivity contribution in [1.82, 2.24) is 10.6 Å². The molecule has 0 radical (unpaired) electrons. The van der Waals surface area contributed by atoms with Crippen molar-refractivity contribution in [2.24, 2.45) is 0 Å². The minimum Gasteiger partial charge on any atom is -0.369 e. The average Bonchev–Trinajstić information content (AvgIpc) is 2.66. The van der Waals surface area contributed by atoms with Gasteiger partial charge in [-0.3, -0.25) is 4.79 Å². The van der Waals surface area contributed by atoms with Crippen LogP contribution in [-0.2, 0) is 6.54 Å². The molecule has 2 aliphatic rings. The maximum atomic E-state index is 12.3. The number of halogens is 2. The molecule has 1 amide bonds. The van der Waals surface area contributed by atoms with Crippen LogP contribution in [0.3, 0.4) is 0 Å². The molecule has 0 fully saturated rings. The zero-order valence-electron chi connectivity index (χ0n) is 12.0. The van der Waals surface area contributed by atoms with Crippen LogP contribution in [0.2, 0.25) is 0 Å². The number of alkyl halides is 2. The predicted octanol–water partition coefficient (Wildman–Crippen LogP) is 1.71. The molecule has 4 nitrogen and oxygen atoms in total. The van der Waals surface area contributed by atoms with Crippen LogP contribution in [0.4, 0.5) is 14.5 Å². The van der Waals surface area contributed by atoms with Crippen LogP contribution in [0.1, 0.15) is 34.3 Å². The molecule has 1 aromatic carbocycles. The molecule has 0 aliphatic carbocycles. The van der Waals surface area contributed by atoms with E-state index in [-0.39, 0.29) is 5.92 Å². The summed E-state index contributed by atoms with van der Waals surface area (Å²) >= 11 is 0. The van der Waals surface area contributed by atoms with E-state index in [4.69, 9.17) is 0 Å². The molecule has 3 rings (SSSR count). The molecule has 0 saturated carbocycles. The summed E-state index contributed by atoms with van der Waals surface area (Å²) in [5.41, 5.74) is 3.84. The Hall–Kier alpha value is -1.69. The fraction of sp³-hybridized carbons (Fsp3) is 0.533. The number of hydrogen-bond acceptors (Lipinski definition) is 3. The number of hydrogen-bond donors (Lipinski definition) is 2. The van der Waals surface area contributed by atoms with Crippen LogP contribution in [0.25, 0.3) is 0 Å². The normalized spacial score (nSPS) is 20.4.